The van der Waals surface area contributed by atoms with E-state index in [0.717, 1.165) is 22.8 Å². The largest absolute Gasteiger partial charge is 0.457 e. The quantitative estimate of drug-likeness (QED) is 0.498. The van der Waals surface area contributed by atoms with Gasteiger partial charge in [-0.2, -0.15) is 0 Å². The first kappa shape index (κ1) is 16.1. The second-order valence-electron chi connectivity index (χ2n) is 5.19. The molecule has 0 unspecified atom stereocenters. The molecule has 0 fully saturated rings. The monoisotopic (exact) mass is 336 g/mol. The lowest BCUT2D eigenvalue weighted by molar-refractivity contribution is 0.459. The van der Waals surface area contributed by atoms with Crippen LogP contribution in [-0.2, 0) is 0 Å². The van der Waals surface area contributed by atoms with Crippen molar-refractivity contribution in [2.45, 2.75) is 6.92 Å². The molecule has 0 saturated carbocycles. The predicted molar refractivity (Wildman–Crippen MR) is 98.9 cm³/mol. The maximum atomic E-state index is 5.89. The molecule has 0 heterocycles. The summed E-state index contributed by atoms with van der Waals surface area (Å²) in [5, 5.41) is 0. The van der Waals surface area contributed by atoms with Crippen molar-refractivity contribution in [3.8, 4) is 28.7 Å². The second kappa shape index (κ2) is 7.67. The molecule has 0 bridgehead atoms. The van der Waals surface area contributed by atoms with Gasteiger partial charge in [-0.15, -0.1) is 0 Å². The molecule has 0 radical (unpaired) electrons. The van der Waals surface area contributed by atoms with Gasteiger partial charge in [-0.05, 0) is 55.2 Å². The van der Waals surface area contributed by atoms with E-state index in [4.69, 9.17) is 14.0 Å². The smallest absolute Gasteiger partial charge is 0.135 e. The van der Waals surface area contributed by atoms with Gasteiger partial charge in [-0.25, -0.2) is 0 Å². The maximum absolute atomic E-state index is 5.89. The molecule has 0 spiro atoms. The summed E-state index contributed by atoms with van der Waals surface area (Å²) >= 11 is 0. The second-order valence-corrected chi connectivity index (χ2v) is 5.63. The van der Waals surface area contributed by atoms with E-state index in [9.17, 15) is 0 Å². The van der Waals surface area contributed by atoms with Gasteiger partial charge in [0.25, 0.3) is 0 Å². The van der Waals surface area contributed by atoms with Crippen LogP contribution in [0.4, 0.5) is 0 Å². The molecule has 0 N–H and O–H groups in total. The molecule has 0 atom stereocenters. The van der Waals surface area contributed by atoms with Gasteiger partial charge >= 0.3 is 0 Å². The lowest BCUT2D eigenvalue weighted by Gasteiger charge is -2.10. The predicted octanol–water partition coefficient (Wildman–Crippen LogP) is 6.25. The highest BCUT2D eigenvalue weighted by atomic mass is 31.1. The first-order valence-corrected chi connectivity index (χ1v) is 8.48. The summed E-state index contributed by atoms with van der Waals surface area (Å²) in [6, 6.07) is 22.9. The molecule has 3 aromatic rings. The molecular weight excluding hydrogens is 319 g/mol. The molecular formula is C20H17O3P. The minimum Gasteiger partial charge on any atom is -0.457 e. The van der Waals surface area contributed by atoms with Crippen LogP contribution in [0.1, 0.15) is 5.56 Å². The third-order valence-corrected chi connectivity index (χ3v) is 3.58. The van der Waals surface area contributed by atoms with E-state index >= 15 is 0 Å². The highest BCUT2D eigenvalue weighted by Gasteiger charge is 2.03. The summed E-state index contributed by atoms with van der Waals surface area (Å²) in [6.07, 6.45) is 3.64. The topological polar surface area (TPSA) is 27.7 Å². The first-order chi connectivity index (χ1) is 11.7. The van der Waals surface area contributed by atoms with Crippen molar-refractivity contribution in [1.82, 2.24) is 0 Å². The fraction of sp³-hybridized carbons (Fsp3) is 0.0500. The average molecular weight is 336 g/mol. The van der Waals surface area contributed by atoms with Gasteiger partial charge in [-0.1, -0.05) is 24.3 Å². The summed E-state index contributed by atoms with van der Waals surface area (Å²) in [7, 11) is 0.602. The summed E-state index contributed by atoms with van der Waals surface area (Å²) in [4.78, 5) is 0. The Kier molecular flexibility index (Phi) is 5.15. The van der Waals surface area contributed by atoms with Crippen molar-refractivity contribution in [1.29, 1.82) is 0 Å². The van der Waals surface area contributed by atoms with Crippen molar-refractivity contribution in [2.24, 2.45) is 0 Å². The standard InChI is InChI=1S/C20H17O3P/c1-15-6-3-7-16(12-15)21-17-8-4-9-18(13-17)22-19-10-5-11-20(14-19)23-24-2/h3-14H,2H2,1H3. The Morgan fingerprint density at radius 1 is 0.667 bits per heavy atom. The number of hydrogen-bond donors (Lipinski definition) is 0. The van der Waals surface area contributed by atoms with Crippen molar-refractivity contribution in [2.75, 3.05) is 0 Å². The minimum atomic E-state index is 0.602. The van der Waals surface area contributed by atoms with Gasteiger partial charge in [0.1, 0.15) is 37.2 Å². The molecule has 3 nitrogen and oxygen atoms in total. The maximum Gasteiger partial charge on any atom is 0.135 e. The van der Waals surface area contributed by atoms with Crippen LogP contribution >= 0.6 is 8.43 Å². The fourth-order valence-electron chi connectivity index (χ4n) is 2.22. The van der Waals surface area contributed by atoms with Crippen molar-refractivity contribution >= 4 is 14.7 Å². The van der Waals surface area contributed by atoms with Gasteiger partial charge < -0.3 is 14.0 Å². The van der Waals surface area contributed by atoms with Crippen LogP contribution in [0.5, 0.6) is 28.7 Å². The third-order valence-electron chi connectivity index (χ3n) is 3.24. The Hall–Kier alpha value is -2.77. The van der Waals surface area contributed by atoms with Crippen LogP contribution in [0.15, 0.2) is 72.8 Å². The van der Waals surface area contributed by atoms with E-state index in [1.165, 1.54) is 0 Å². The Morgan fingerprint density at radius 2 is 1.12 bits per heavy atom. The van der Waals surface area contributed by atoms with Gasteiger partial charge in [0.2, 0.25) is 0 Å². The number of hydrogen-bond acceptors (Lipinski definition) is 3. The highest BCUT2D eigenvalue weighted by Crippen LogP contribution is 2.30. The number of benzene rings is 3. The zero-order chi connectivity index (χ0) is 16.8. The van der Waals surface area contributed by atoms with Gasteiger partial charge in [0.05, 0.1) is 0 Å². The van der Waals surface area contributed by atoms with E-state index in [-0.39, 0.29) is 0 Å². The summed E-state index contributed by atoms with van der Waals surface area (Å²) < 4.78 is 17.1. The Labute approximate surface area is 143 Å². The van der Waals surface area contributed by atoms with E-state index in [1.807, 2.05) is 79.7 Å². The van der Waals surface area contributed by atoms with E-state index in [2.05, 4.69) is 6.30 Å². The lowest BCUT2D eigenvalue weighted by atomic mass is 10.2. The number of rotatable bonds is 6. The Morgan fingerprint density at radius 3 is 1.67 bits per heavy atom. The summed E-state index contributed by atoms with van der Waals surface area (Å²) in [5.41, 5.74) is 1.15. The molecule has 0 amide bonds. The SMILES string of the molecule is C=POc1cccc(Oc2cccc(Oc3cccc(C)c3)c2)c1. The summed E-state index contributed by atoms with van der Waals surface area (Å²) in [6.45, 7) is 2.03. The number of aryl methyl sites for hydroxylation is 1. The van der Waals surface area contributed by atoms with Gasteiger partial charge in [-0.3, -0.25) is 0 Å². The molecule has 4 heteroatoms. The average Bonchev–Trinajstić information content (AvgIpc) is 2.56. The van der Waals surface area contributed by atoms with Crippen LogP contribution in [0.25, 0.3) is 0 Å². The van der Waals surface area contributed by atoms with E-state index in [0.29, 0.717) is 19.9 Å². The van der Waals surface area contributed by atoms with E-state index in [1.54, 1.807) is 0 Å². The molecule has 24 heavy (non-hydrogen) atoms. The van der Waals surface area contributed by atoms with Crippen molar-refractivity contribution in [3.05, 3.63) is 78.4 Å². The lowest BCUT2D eigenvalue weighted by Crippen LogP contribution is -1.88. The minimum absolute atomic E-state index is 0.602. The normalized spacial score (nSPS) is 10.4. The molecule has 3 aromatic carbocycles. The molecule has 0 aliphatic carbocycles. The van der Waals surface area contributed by atoms with Crippen LogP contribution in [0.3, 0.4) is 0 Å². The third kappa shape index (κ3) is 4.37. The fourth-order valence-corrected chi connectivity index (χ4v) is 2.48. The van der Waals surface area contributed by atoms with Crippen LogP contribution in [-0.4, -0.2) is 6.30 Å². The number of ether oxygens (including phenoxy) is 2. The van der Waals surface area contributed by atoms with Gasteiger partial charge in [0.15, 0.2) is 0 Å². The zero-order valence-electron chi connectivity index (χ0n) is 13.3. The molecule has 0 aliphatic rings. The Balaban J connectivity index is 1.75. The van der Waals surface area contributed by atoms with Crippen LogP contribution < -0.4 is 14.0 Å². The van der Waals surface area contributed by atoms with Gasteiger partial charge in [0, 0.05) is 12.1 Å². The summed E-state index contributed by atoms with van der Waals surface area (Å²) in [5.74, 6) is 3.64. The highest BCUT2D eigenvalue weighted by molar-refractivity contribution is 7.31. The van der Waals surface area contributed by atoms with Crippen LogP contribution in [0.2, 0.25) is 0 Å². The van der Waals surface area contributed by atoms with Crippen molar-refractivity contribution < 1.29 is 14.0 Å². The van der Waals surface area contributed by atoms with E-state index < -0.39 is 0 Å². The van der Waals surface area contributed by atoms with Crippen molar-refractivity contribution in [3.63, 3.8) is 0 Å². The molecule has 0 aromatic heterocycles. The molecule has 0 saturated heterocycles. The zero-order valence-corrected chi connectivity index (χ0v) is 14.2. The van der Waals surface area contributed by atoms with Crippen LogP contribution in [0, 0.1) is 6.92 Å². The molecule has 0 aliphatic heterocycles. The Bertz CT molecular complexity index is 846. The molecule has 120 valence electrons. The first-order valence-electron chi connectivity index (χ1n) is 7.48. The molecule has 3 rings (SSSR count).